The molecule has 3 aromatic carbocycles. The molecule has 7 rings (SSSR count). The van der Waals surface area contributed by atoms with Gasteiger partial charge in [-0.05, 0) is 161 Å². The van der Waals surface area contributed by atoms with E-state index in [0.717, 1.165) is 64.6 Å². The third-order valence-electron chi connectivity index (χ3n) is 15.2. The minimum absolute atomic E-state index is 0.0210. The zero-order valence-corrected chi connectivity index (χ0v) is 49.9. The Hall–Kier alpha value is -5.38. The molecule has 1 amide bonds. The van der Waals surface area contributed by atoms with Crippen molar-refractivity contribution in [2.75, 3.05) is 48.6 Å². The predicted molar refractivity (Wildman–Crippen MR) is 304 cm³/mol. The van der Waals surface area contributed by atoms with Gasteiger partial charge in [-0.25, -0.2) is 10.9 Å². The molecule has 0 radical (unpaired) electrons. The molecule has 3 aromatic rings. The monoisotopic (exact) mass is 1100 g/mol. The van der Waals surface area contributed by atoms with E-state index in [2.05, 4.69) is 67.5 Å². The first-order valence-corrected chi connectivity index (χ1v) is 27.2. The van der Waals surface area contributed by atoms with Gasteiger partial charge in [0, 0.05) is 19.0 Å². The van der Waals surface area contributed by atoms with E-state index in [0.29, 0.717) is 32.2 Å². The van der Waals surface area contributed by atoms with Crippen LogP contribution in [0.25, 0.3) is 0 Å². The Kier molecular flexibility index (Phi) is 24.6. The zero-order chi connectivity index (χ0) is 59.0. The first-order chi connectivity index (χ1) is 37.0. The summed E-state index contributed by atoms with van der Waals surface area (Å²) in [5, 5.41) is 13.7. The fourth-order valence-corrected chi connectivity index (χ4v) is 9.20. The van der Waals surface area contributed by atoms with Crippen LogP contribution in [0.3, 0.4) is 0 Å². The summed E-state index contributed by atoms with van der Waals surface area (Å²) in [5.41, 5.74) is 14.5. The largest absolute Gasteiger partial charge is 0.508 e. The molecule has 0 bridgehead atoms. The second-order valence-electron chi connectivity index (χ2n) is 22.8. The van der Waals surface area contributed by atoms with Crippen LogP contribution in [0.1, 0.15) is 123 Å². The highest BCUT2D eigenvalue weighted by Gasteiger charge is 2.53. The molecule has 19 nitrogen and oxygen atoms in total. The summed E-state index contributed by atoms with van der Waals surface area (Å²) in [6.07, 6.45) is 5.04. The molecule has 4 fully saturated rings. The van der Waals surface area contributed by atoms with E-state index in [-0.39, 0.29) is 77.8 Å². The molecule has 21 heteroatoms. The van der Waals surface area contributed by atoms with Crippen molar-refractivity contribution in [2.45, 2.75) is 169 Å². The lowest BCUT2D eigenvalue weighted by Crippen LogP contribution is -2.56. The number of amides is 1. The van der Waals surface area contributed by atoms with Crippen molar-refractivity contribution in [3.05, 3.63) is 88.5 Å². The van der Waals surface area contributed by atoms with Crippen molar-refractivity contribution < 1.29 is 66.6 Å². The van der Waals surface area contributed by atoms with Gasteiger partial charge in [0.15, 0.2) is 0 Å². The summed E-state index contributed by atoms with van der Waals surface area (Å²) in [6.45, 7) is 25.7. The van der Waals surface area contributed by atoms with Crippen LogP contribution in [-0.4, -0.2) is 143 Å². The first-order valence-electron chi connectivity index (χ1n) is 27.2. The Morgan fingerprint density at radius 1 is 0.646 bits per heavy atom. The van der Waals surface area contributed by atoms with Crippen molar-refractivity contribution in [3.8, 4) is 5.75 Å². The van der Waals surface area contributed by atoms with Crippen LogP contribution in [-0.2, 0) is 80.8 Å². The number of ether oxygens (including phenoxy) is 4. The Balaban J connectivity index is 0.000000245. The van der Waals surface area contributed by atoms with Gasteiger partial charge in [-0.3, -0.25) is 34.4 Å². The SMILES string of the molecule is CN[C@@H](Cc1cccc(O)c1)C(=O)OC.COC(=O)[C@@H](C)Cc1cc(C)cc(B2OC(C)(C)C(C)(C)O2)c1.COC(=O)[C@@H]1CCCN(C(=O)[C@@H](C)Cc2cc(C)cc(B3OC(C)(C)C(C)(C)O3)c2)N1.COC(=O)[C@@H]1CCCNN1. The number of methoxy groups -OCH3 is 4. The maximum atomic E-state index is 13.0. The molecular weight excluding hydrogens is 1010 g/mol. The minimum atomic E-state index is -0.469. The molecule has 5 N–H and O–H groups in total. The highest BCUT2D eigenvalue weighted by molar-refractivity contribution is 6.62. The van der Waals surface area contributed by atoms with E-state index in [1.807, 2.05) is 89.2 Å². The summed E-state index contributed by atoms with van der Waals surface area (Å²) in [4.78, 5) is 58.6. The fraction of sp³-hybridized carbons (Fsp3) is 0.603. The Morgan fingerprint density at radius 2 is 1.13 bits per heavy atom. The maximum absolute atomic E-state index is 13.0. The number of carbonyl (C=O) groups is 5. The topological polar surface area (TPSA) is 231 Å². The van der Waals surface area contributed by atoms with Crippen molar-refractivity contribution in [2.24, 2.45) is 11.8 Å². The number of hydrogen-bond acceptors (Lipinski definition) is 18. The summed E-state index contributed by atoms with van der Waals surface area (Å²) in [6, 6.07) is 18.3. The molecule has 0 unspecified atom stereocenters. The van der Waals surface area contributed by atoms with Crippen molar-refractivity contribution in [1.29, 1.82) is 0 Å². The molecule has 79 heavy (non-hydrogen) atoms. The third kappa shape index (κ3) is 18.8. The van der Waals surface area contributed by atoms with Crippen LogP contribution in [0.4, 0.5) is 0 Å². The van der Waals surface area contributed by atoms with E-state index in [4.69, 9.17) is 28.1 Å². The van der Waals surface area contributed by atoms with Crippen LogP contribution >= 0.6 is 0 Å². The minimum Gasteiger partial charge on any atom is -0.508 e. The molecule has 4 heterocycles. The van der Waals surface area contributed by atoms with Gasteiger partial charge in [-0.15, -0.1) is 0 Å². The van der Waals surface area contributed by atoms with E-state index >= 15 is 0 Å². The number of rotatable bonds is 14. The van der Waals surface area contributed by atoms with Crippen molar-refractivity contribution in [3.63, 3.8) is 0 Å². The lowest BCUT2D eigenvalue weighted by Gasteiger charge is -2.34. The van der Waals surface area contributed by atoms with Gasteiger partial charge in [-0.2, -0.15) is 0 Å². The molecule has 4 aliphatic heterocycles. The van der Waals surface area contributed by atoms with E-state index in [1.54, 1.807) is 30.3 Å². The number of aryl methyl sites for hydroxylation is 2. The van der Waals surface area contributed by atoms with E-state index in [9.17, 15) is 29.1 Å². The molecule has 0 aliphatic carbocycles. The number of hydrogen-bond donors (Lipinski definition) is 5. The van der Waals surface area contributed by atoms with Gasteiger partial charge in [-0.1, -0.05) is 73.5 Å². The standard InChI is InChI=1S/C23H35BN2O5.C18H27BO4.C11H15NO3.C6H12N2O2/c1-15-11-17(14-18(12-15)24-30-22(3,4)23(5,6)31-24)13-16(2)20(27)26-10-8-9-19(25-26)21(28)29-7;1-12-8-14(10-13(2)16(20)21-7)11-15(9-12)19-22-17(3,4)18(5,6)23-19;1-12-10(11(14)15-2)7-8-4-3-5-9(13)6-8;1-10-6(9)5-3-2-4-7-8-5/h11-12,14,16,19,25H,8-10,13H2,1-7H3;8-9,11,13H,10H2,1-7H3;3-6,10,12-13H,7H2,1-2H3;5,7-8H,2-4H2,1H3/t16-,19-;13-;10-;5-/m0000/s1. The van der Waals surface area contributed by atoms with Gasteiger partial charge < -0.3 is 48.0 Å². The number of phenols is 1. The molecule has 5 atom stereocenters. The van der Waals surface area contributed by atoms with Crippen LogP contribution in [0.2, 0.25) is 0 Å². The van der Waals surface area contributed by atoms with Gasteiger partial charge in [0.25, 0.3) is 0 Å². The molecule has 0 saturated carbocycles. The second kappa shape index (κ2) is 29.4. The van der Waals surface area contributed by atoms with Gasteiger partial charge in [0.05, 0.1) is 56.8 Å². The second-order valence-corrected chi connectivity index (χ2v) is 22.8. The van der Waals surface area contributed by atoms with Gasteiger partial charge in [0.1, 0.15) is 23.9 Å². The molecule has 4 saturated heterocycles. The van der Waals surface area contributed by atoms with Crippen molar-refractivity contribution >= 4 is 54.9 Å². The first kappa shape index (κ1) is 66.1. The number of likely N-dealkylation sites (N-methyl/N-ethyl adjacent to an activating group) is 1. The summed E-state index contributed by atoms with van der Waals surface area (Å²) < 4.78 is 43.5. The van der Waals surface area contributed by atoms with Crippen LogP contribution < -0.4 is 32.5 Å². The van der Waals surface area contributed by atoms with E-state index < -0.39 is 24.4 Å². The predicted octanol–water partition coefficient (Wildman–Crippen LogP) is 4.90. The van der Waals surface area contributed by atoms with E-state index in [1.165, 1.54) is 28.4 Å². The van der Waals surface area contributed by atoms with Gasteiger partial charge >= 0.3 is 38.1 Å². The Morgan fingerprint density at radius 3 is 1.57 bits per heavy atom. The number of esters is 4. The smallest absolute Gasteiger partial charge is 0.494 e. The Labute approximate surface area is 469 Å². The quantitative estimate of drug-likeness (QED) is 0.0821. The number of carbonyl (C=O) groups excluding carboxylic acids is 5. The highest BCUT2D eigenvalue weighted by Crippen LogP contribution is 2.38. The van der Waals surface area contributed by atoms with Crippen LogP contribution in [0.5, 0.6) is 5.75 Å². The zero-order valence-electron chi connectivity index (χ0n) is 49.9. The number of nitrogens with one attached hydrogen (secondary N) is 4. The number of aromatic hydroxyl groups is 1. The summed E-state index contributed by atoms with van der Waals surface area (Å²) >= 11 is 0. The van der Waals surface area contributed by atoms with Crippen molar-refractivity contribution in [1.82, 2.24) is 26.6 Å². The van der Waals surface area contributed by atoms with Gasteiger partial charge in [0.2, 0.25) is 5.91 Å². The average Bonchev–Trinajstić information content (AvgIpc) is 3.88. The fourth-order valence-electron chi connectivity index (χ4n) is 9.20. The number of phenolic OH excluding ortho intramolecular Hbond substituents is 1. The number of nitrogens with zero attached hydrogens (tertiary/aromatic N) is 1. The molecule has 4 aliphatic rings. The lowest BCUT2D eigenvalue weighted by molar-refractivity contribution is -0.151. The molecule has 0 aromatic heterocycles. The number of hydrazine groups is 2. The number of benzene rings is 3. The molecule has 436 valence electrons. The van der Waals surface area contributed by atoms with Crippen LogP contribution in [0, 0.1) is 25.7 Å². The molecular formula is C58H89B2N5O14. The lowest BCUT2D eigenvalue weighted by atomic mass is 9.77. The highest BCUT2D eigenvalue weighted by atomic mass is 16.7. The Bertz CT molecular complexity index is 2490. The normalized spacial score (nSPS) is 20.7. The average molecular weight is 1100 g/mol. The summed E-state index contributed by atoms with van der Waals surface area (Å²) in [7, 11) is 6.43. The maximum Gasteiger partial charge on any atom is 0.494 e. The van der Waals surface area contributed by atoms with Crippen LogP contribution in [0.15, 0.2) is 60.7 Å². The third-order valence-corrected chi connectivity index (χ3v) is 15.2. The summed E-state index contributed by atoms with van der Waals surface area (Å²) in [5.74, 6) is -1.25. The molecule has 0 spiro atoms.